The molecule has 0 unspecified atom stereocenters. The van der Waals surface area contributed by atoms with Crippen molar-refractivity contribution in [1.29, 1.82) is 0 Å². The summed E-state index contributed by atoms with van der Waals surface area (Å²) in [5.41, 5.74) is 0. The van der Waals surface area contributed by atoms with E-state index in [0.29, 0.717) is 0 Å². The molecule has 0 aromatic carbocycles. The van der Waals surface area contributed by atoms with E-state index in [4.69, 9.17) is 0 Å². The first-order valence-corrected chi connectivity index (χ1v) is 2.30. The van der Waals surface area contributed by atoms with Crippen molar-refractivity contribution in [3.63, 3.8) is 0 Å². The molecule has 0 aliphatic carbocycles. The van der Waals surface area contributed by atoms with Crippen molar-refractivity contribution < 1.29 is 0 Å². The summed E-state index contributed by atoms with van der Waals surface area (Å²) in [6.07, 6.45) is 4.93. The van der Waals surface area contributed by atoms with Crippen LogP contribution in [0.25, 0.3) is 0 Å². The van der Waals surface area contributed by atoms with E-state index in [1.807, 2.05) is 25.2 Å². The van der Waals surface area contributed by atoms with Gasteiger partial charge in [0, 0.05) is 20.3 Å². The van der Waals surface area contributed by atoms with Crippen LogP contribution in [0.3, 0.4) is 0 Å². The van der Waals surface area contributed by atoms with Crippen molar-refractivity contribution in [2.24, 2.45) is 0 Å². The van der Waals surface area contributed by atoms with Gasteiger partial charge >= 0.3 is 0 Å². The van der Waals surface area contributed by atoms with Gasteiger partial charge in [0.1, 0.15) is 0 Å². The fourth-order valence-corrected chi connectivity index (χ4v) is 0.613. The van der Waals surface area contributed by atoms with Crippen LogP contribution >= 0.6 is 0 Å². The molecule has 2 heteroatoms. The predicted molar refractivity (Wildman–Crippen MR) is 28.2 cm³/mol. The molecule has 39 valence electrons. The largest absolute Gasteiger partial charge is 0.361 e. The predicted octanol–water partition coefficient (Wildman–Crippen LogP) is 0.0955. The van der Waals surface area contributed by atoms with Gasteiger partial charge in [-0.25, -0.2) is 0 Å². The minimum atomic E-state index is 0.972. The Morgan fingerprint density at radius 3 is 2.43 bits per heavy atom. The summed E-state index contributed by atoms with van der Waals surface area (Å²) >= 11 is 0. The Bertz CT molecular complexity index is 78.1. The molecular formula is C5H9N2. The standard InChI is InChI=1S/C5H9N2/c1-6-3-4-7(2)5-6/h3H,5H2,1-2H3. The first-order valence-electron chi connectivity index (χ1n) is 2.30. The molecule has 0 amide bonds. The molecule has 0 atom stereocenters. The zero-order valence-electron chi connectivity index (χ0n) is 4.68. The average Bonchev–Trinajstić information content (AvgIpc) is 1.87. The lowest BCUT2D eigenvalue weighted by atomic mass is 10.9. The minimum absolute atomic E-state index is 0.972. The van der Waals surface area contributed by atoms with Crippen LogP contribution in [0.15, 0.2) is 6.20 Å². The van der Waals surface area contributed by atoms with E-state index < -0.39 is 0 Å². The van der Waals surface area contributed by atoms with Gasteiger partial charge in [0.2, 0.25) is 0 Å². The van der Waals surface area contributed by atoms with Crippen molar-refractivity contribution in [2.75, 3.05) is 20.8 Å². The molecule has 1 radical (unpaired) electrons. The van der Waals surface area contributed by atoms with Crippen molar-refractivity contribution in [2.45, 2.75) is 0 Å². The molecule has 0 aromatic heterocycles. The molecule has 1 rings (SSSR count). The molecule has 1 heterocycles. The van der Waals surface area contributed by atoms with Gasteiger partial charge < -0.3 is 9.80 Å². The lowest BCUT2D eigenvalue weighted by Gasteiger charge is -2.10. The van der Waals surface area contributed by atoms with Crippen LogP contribution in [0.2, 0.25) is 0 Å². The number of hydrogen-bond acceptors (Lipinski definition) is 2. The topological polar surface area (TPSA) is 6.48 Å². The van der Waals surface area contributed by atoms with Crippen LogP contribution in [0.1, 0.15) is 0 Å². The Morgan fingerprint density at radius 1 is 1.57 bits per heavy atom. The maximum absolute atomic E-state index is 3.00. The van der Waals surface area contributed by atoms with E-state index in [1.54, 1.807) is 0 Å². The molecule has 0 saturated carbocycles. The lowest BCUT2D eigenvalue weighted by Crippen LogP contribution is -2.17. The van der Waals surface area contributed by atoms with Gasteiger partial charge in [-0.1, -0.05) is 0 Å². The fourth-order valence-electron chi connectivity index (χ4n) is 0.613. The molecule has 2 nitrogen and oxygen atoms in total. The van der Waals surface area contributed by atoms with Crippen LogP contribution in [0, 0.1) is 6.20 Å². The Morgan fingerprint density at radius 2 is 2.29 bits per heavy atom. The second-order valence-electron chi connectivity index (χ2n) is 1.85. The highest BCUT2D eigenvalue weighted by atomic mass is 15.3. The maximum atomic E-state index is 3.00. The van der Waals surface area contributed by atoms with Gasteiger partial charge in [-0.15, -0.1) is 0 Å². The third kappa shape index (κ3) is 0.856. The van der Waals surface area contributed by atoms with Crippen molar-refractivity contribution >= 4 is 0 Å². The summed E-state index contributed by atoms with van der Waals surface area (Å²) in [7, 11) is 4.02. The highest BCUT2D eigenvalue weighted by molar-refractivity contribution is 4.78. The molecule has 1 aliphatic rings. The Labute approximate surface area is 44.0 Å². The summed E-state index contributed by atoms with van der Waals surface area (Å²) in [6, 6.07) is 0. The molecule has 0 bridgehead atoms. The Balaban J connectivity index is 2.42. The van der Waals surface area contributed by atoms with Gasteiger partial charge in [-0.05, 0) is 0 Å². The molecule has 0 N–H and O–H groups in total. The molecule has 0 fully saturated rings. The summed E-state index contributed by atoms with van der Waals surface area (Å²) in [5.74, 6) is 0. The highest BCUT2D eigenvalue weighted by Gasteiger charge is 2.00. The van der Waals surface area contributed by atoms with E-state index in [2.05, 4.69) is 11.1 Å². The third-order valence-corrected chi connectivity index (χ3v) is 0.934. The highest BCUT2D eigenvalue weighted by Crippen LogP contribution is 1.96. The summed E-state index contributed by atoms with van der Waals surface area (Å²) in [4.78, 5) is 4.07. The van der Waals surface area contributed by atoms with E-state index in [-0.39, 0.29) is 0 Å². The molecule has 0 aromatic rings. The van der Waals surface area contributed by atoms with Gasteiger partial charge in [0.05, 0.1) is 12.9 Å². The van der Waals surface area contributed by atoms with E-state index in [9.17, 15) is 0 Å². The van der Waals surface area contributed by atoms with Crippen LogP contribution < -0.4 is 0 Å². The molecule has 0 spiro atoms. The van der Waals surface area contributed by atoms with Crippen molar-refractivity contribution in [3.05, 3.63) is 12.4 Å². The SMILES string of the molecule is CN1[C]=CN(C)C1. The maximum Gasteiger partial charge on any atom is 0.0893 e. The molecular weight excluding hydrogens is 88.1 g/mol. The van der Waals surface area contributed by atoms with Crippen LogP contribution in [-0.4, -0.2) is 30.6 Å². The van der Waals surface area contributed by atoms with E-state index >= 15 is 0 Å². The monoisotopic (exact) mass is 97.1 g/mol. The quantitative estimate of drug-likeness (QED) is 0.423. The van der Waals surface area contributed by atoms with Gasteiger partial charge in [-0.3, -0.25) is 0 Å². The first kappa shape index (κ1) is 4.50. The zero-order valence-corrected chi connectivity index (χ0v) is 4.68. The second kappa shape index (κ2) is 1.45. The Hall–Kier alpha value is -0.660. The normalized spacial score (nSPS) is 19.1. The van der Waals surface area contributed by atoms with Crippen LogP contribution in [0.4, 0.5) is 0 Å². The number of rotatable bonds is 0. The minimum Gasteiger partial charge on any atom is -0.361 e. The lowest BCUT2D eigenvalue weighted by molar-refractivity contribution is 0.333. The van der Waals surface area contributed by atoms with Crippen molar-refractivity contribution in [3.8, 4) is 0 Å². The number of hydrogen-bond donors (Lipinski definition) is 0. The average molecular weight is 97.1 g/mol. The second-order valence-corrected chi connectivity index (χ2v) is 1.85. The van der Waals surface area contributed by atoms with Gasteiger partial charge in [-0.2, -0.15) is 0 Å². The fraction of sp³-hybridized carbons (Fsp3) is 0.600. The number of nitrogens with zero attached hydrogens (tertiary/aromatic N) is 2. The molecule has 0 saturated heterocycles. The Kier molecular flexibility index (Phi) is 0.929. The van der Waals surface area contributed by atoms with E-state index in [0.717, 1.165) is 6.67 Å². The van der Waals surface area contributed by atoms with Gasteiger partial charge in [0.25, 0.3) is 0 Å². The molecule has 1 aliphatic heterocycles. The first-order chi connectivity index (χ1) is 3.29. The van der Waals surface area contributed by atoms with Crippen LogP contribution in [0.5, 0.6) is 0 Å². The summed E-state index contributed by atoms with van der Waals surface area (Å²) in [6.45, 7) is 0.972. The zero-order chi connectivity index (χ0) is 5.28. The van der Waals surface area contributed by atoms with Gasteiger partial charge in [0.15, 0.2) is 0 Å². The molecule has 7 heavy (non-hydrogen) atoms. The third-order valence-electron chi connectivity index (χ3n) is 0.934. The van der Waals surface area contributed by atoms with E-state index in [1.165, 1.54) is 0 Å². The smallest absolute Gasteiger partial charge is 0.0893 e. The van der Waals surface area contributed by atoms with Crippen LogP contribution in [-0.2, 0) is 0 Å². The van der Waals surface area contributed by atoms with Crippen molar-refractivity contribution in [1.82, 2.24) is 9.80 Å². The summed E-state index contributed by atoms with van der Waals surface area (Å²) in [5, 5.41) is 0. The summed E-state index contributed by atoms with van der Waals surface area (Å²) < 4.78 is 0.